The molecule has 0 spiro atoms. The topological polar surface area (TPSA) is 82.2 Å². The van der Waals surface area contributed by atoms with E-state index >= 15 is 0 Å². The number of hydrogen-bond acceptors (Lipinski definition) is 2. The smallest absolute Gasteiger partial charge is 0.303 e. The lowest BCUT2D eigenvalue weighted by Gasteiger charge is -2.00. The van der Waals surface area contributed by atoms with E-state index in [-0.39, 0.29) is 12.3 Å². The van der Waals surface area contributed by atoms with Crippen LogP contribution in [-0.4, -0.2) is 22.0 Å². The molecule has 0 fully saturated rings. The molecule has 2 heterocycles. The molecule has 1 aliphatic rings. The van der Waals surface area contributed by atoms with E-state index in [1.54, 1.807) is 6.08 Å². The molecule has 1 aromatic carbocycles. The van der Waals surface area contributed by atoms with E-state index in [1.807, 2.05) is 37.3 Å². The molecule has 1 amide bonds. The molecule has 0 atom stereocenters. The van der Waals surface area contributed by atoms with Gasteiger partial charge in [0.1, 0.15) is 0 Å². The Balaban J connectivity index is 2.03. The number of aliphatic carboxylic acids is 1. The first-order valence-corrected chi connectivity index (χ1v) is 7.69. The van der Waals surface area contributed by atoms with Gasteiger partial charge in [-0.2, -0.15) is 0 Å². The zero-order chi connectivity index (χ0) is 17.3. The standard InChI is InChI=1S/C19H18N2O3/c1-3-15-12(8-9-18(22)23)11(2)17(20-15)10-14-13-6-4-5-7-16(13)21-19(14)24/h3-7,10,20H,1,8-9H2,2H3,(H,21,24)(H,22,23)/b14-10-. The molecule has 2 aromatic rings. The Morgan fingerprint density at radius 2 is 2.04 bits per heavy atom. The summed E-state index contributed by atoms with van der Waals surface area (Å²) in [5.74, 6) is -0.980. The van der Waals surface area contributed by atoms with Crippen LogP contribution < -0.4 is 5.32 Å². The summed E-state index contributed by atoms with van der Waals surface area (Å²) < 4.78 is 0. The number of carboxylic acid groups (broad SMARTS) is 1. The number of aromatic nitrogens is 1. The van der Waals surface area contributed by atoms with Crippen LogP contribution in [0.5, 0.6) is 0 Å². The fourth-order valence-electron chi connectivity index (χ4n) is 2.98. The molecule has 24 heavy (non-hydrogen) atoms. The van der Waals surface area contributed by atoms with E-state index in [4.69, 9.17) is 5.11 Å². The third-order valence-corrected chi connectivity index (χ3v) is 4.24. The van der Waals surface area contributed by atoms with Crippen LogP contribution in [0.1, 0.15) is 34.5 Å². The van der Waals surface area contributed by atoms with Crippen LogP contribution in [0, 0.1) is 6.92 Å². The van der Waals surface area contributed by atoms with Crippen LogP contribution in [0.4, 0.5) is 5.69 Å². The first-order valence-electron chi connectivity index (χ1n) is 7.69. The Morgan fingerprint density at radius 3 is 2.75 bits per heavy atom. The quantitative estimate of drug-likeness (QED) is 0.737. The van der Waals surface area contributed by atoms with Gasteiger partial charge in [0, 0.05) is 29.1 Å². The van der Waals surface area contributed by atoms with E-state index in [0.717, 1.165) is 33.8 Å². The van der Waals surface area contributed by atoms with Gasteiger partial charge in [0.15, 0.2) is 0 Å². The summed E-state index contributed by atoms with van der Waals surface area (Å²) in [6.07, 6.45) is 3.96. The molecule has 1 aliphatic heterocycles. The average Bonchev–Trinajstić information content (AvgIpc) is 3.03. The minimum atomic E-state index is -0.838. The predicted octanol–water partition coefficient (Wildman–Crippen LogP) is 3.48. The van der Waals surface area contributed by atoms with Gasteiger partial charge in [0.2, 0.25) is 0 Å². The lowest BCUT2D eigenvalue weighted by molar-refractivity contribution is -0.137. The molecular weight excluding hydrogens is 304 g/mol. The summed E-state index contributed by atoms with van der Waals surface area (Å²) in [6, 6.07) is 7.53. The Labute approximate surface area is 139 Å². The normalized spacial score (nSPS) is 14.5. The summed E-state index contributed by atoms with van der Waals surface area (Å²) >= 11 is 0. The fraction of sp³-hybridized carbons (Fsp3) is 0.158. The highest BCUT2D eigenvalue weighted by Crippen LogP contribution is 2.33. The molecule has 1 aromatic heterocycles. The fourth-order valence-corrected chi connectivity index (χ4v) is 2.98. The van der Waals surface area contributed by atoms with Gasteiger partial charge in [0.25, 0.3) is 5.91 Å². The molecule has 0 aliphatic carbocycles. The molecule has 3 rings (SSSR count). The highest BCUT2D eigenvalue weighted by Gasteiger charge is 2.24. The second-order valence-electron chi connectivity index (χ2n) is 5.71. The number of rotatable bonds is 5. The van der Waals surface area contributed by atoms with Crippen molar-refractivity contribution in [2.45, 2.75) is 19.8 Å². The lowest BCUT2D eigenvalue weighted by Crippen LogP contribution is -2.03. The molecule has 0 radical (unpaired) electrons. The number of anilines is 1. The van der Waals surface area contributed by atoms with Gasteiger partial charge >= 0.3 is 5.97 Å². The molecule has 5 heteroatoms. The largest absolute Gasteiger partial charge is 0.481 e. The van der Waals surface area contributed by atoms with Crippen molar-refractivity contribution >= 4 is 35.3 Å². The molecular formula is C19H18N2O3. The van der Waals surface area contributed by atoms with Crippen LogP contribution >= 0.6 is 0 Å². The van der Waals surface area contributed by atoms with Crippen LogP contribution in [0.3, 0.4) is 0 Å². The third kappa shape index (κ3) is 2.76. The number of carbonyl (C=O) groups excluding carboxylic acids is 1. The van der Waals surface area contributed by atoms with Crippen molar-refractivity contribution in [2.24, 2.45) is 0 Å². The summed E-state index contributed by atoms with van der Waals surface area (Å²) in [5, 5.41) is 11.8. The van der Waals surface area contributed by atoms with Crippen molar-refractivity contribution in [3.05, 3.63) is 58.9 Å². The number of aromatic amines is 1. The van der Waals surface area contributed by atoms with Gasteiger partial charge < -0.3 is 15.4 Å². The highest BCUT2D eigenvalue weighted by molar-refractivity contribution is 6.34. The Morgan fingerprint density at radius 1 is 1.29 bits per heavy atom. The maximum absolute atomic E-state index is 12.2. The van der Waals surface area contributed by atoms with Crippen LogP contribution in [0.25, 0.3) is 17.7 Å². The van der Waals surface area contributed by atoms with Crippen molar-refractivity contribution < 1.29 is 14.7 Å². The summed E-state index contributed by atoms with van der Waals surface area (Å²) in [4.78, 5) is 26.3. The van der Waals surface area contributed by atoms with E-state index in [1.165, 1.54) is 0 Å². The van der Waals surface area contributed by atoms with Gasteiger partial charge in [-0.3, -0.25) is 9.59 Å². The zero-order valence-electron chi connectivity index (χ0n) is 13.3. The van der Waals surface area contributed by atoms with Crippen molar-refractivity contribution in [3.63, 3.8) is 0 Å². The summed E-state index contributed by atoms with van der Waals surface area (Å²) in [6.45, 7) is 5.70. The average molecular weight is 322 g/mol. The van der Waals surface area contributed by atoms with Gasteiger partial charge in [-0.25, -0.2) is 0 Å². The molecule has 0 unspecified atom stereocenters. The van der Waals surface area contributed by atoms with Gasteiger partial charge in [-0.15, -0.1) is 0 Å². The molecule has 5 nitrogen and oxygen atoms in total. The van der Waals surface area contributed by atoms with Crippen molar-refractivity contribution in [1.29, 1.82) is 0 Å². The van der Waals surface area contributed by atoms with Crippen molar-refractivity contribution in [2.75, 3.05) is 5.32 Å². The number of fused-ring (bicyclic) bond motifs is 1. The Bertz CT molecular complexity index is 875. The number of para-hydroxylation sites is 1. The molecule has 0 saturated heterocycles. The van der Waals surface area contributed by atoms with Crippen molar-refractivity contribution in [1.82, 2.24) is 4.98 Å². The zero-order valence-corrected chi connectivity index (χ0v) is 13.3. The molecule has 3 N–H and O–H groups in total. The van der Waals surface area contributed by atoms with E-state index in [9.17, 15) is 9.59 Å². The molecule has 0 bridgehead atoms. The number of nitrogens with one attached hydrogen (secondary N) is 2. The van der Waals surface area contributed by atoms with Gasteiger partial charge in [-0.05, 0) is 42.7 Å². The van der Waals surface area contributed by atoms with Crippen molar-refractivity contribution in [3.8, 4) is 0 Å². The third-order valence-electron chi connectivity index (χ3n) is 4.24. The summed E-state index contributed by atoms with van der Waals surface area (Å²) in [5.41, 5.74) is 5.72. The highest BCUT2D eigenvalue weighted by atomic mass is 16.4. The van der Waals surface area contributed by atoms with Gasteiger partial charge in [0.05, 0.1) is 5.57 Å². The SMILES string of the molecule is C=Cc1[nH]c(/C=C2\C(=O)Nc3ccccc32)c(C)c1CCC(=O)O. The second-order valence-corrected chi connectivity index (χ2v) is 5.71. The van der Waals surface area contributed by atoms with Gasteiger partial charge in [-0.1, -0.05) is 24.8 Å². The second kappa shape index (κ2) is 6.20. The van der Waals surface area contributed by atoms with E-state index < -0.39 is 5.97 Å². The van der Waals surface area contributed by atoms with E-state index in [2.05, 4.69) is 16.9 Å². The lowest BCUT2D eigenvalue weighted by atomic mass is 10.0. The predicted molar refractivity (Wildman–Crippen MR) is 94.5 cm³/mol. The number of hydrogen-bond donors (Lipinski definition) is 3. The monoisotopic (exact) mass is 322 g/mol. The number of benzene rings is 1. The molecule has 122 valence electrons. The first kappa shape index (κ1) is 15.8. The number of H-pyrrole nitrogens is 1. The first-order chi connectivity index (χ1) is 11.5. The maximum atomic E-state index is 12.2. The van der Waals surface area contributed by atoms with E-state index in [0.29, 0.717) is 12.0 Å². The minimum absolute atomic E-state index is 0.0544. The minimum Gasteiger partial charge on any atom is -0.481 e. The maximum Gasteiger partial charge on any atom is 0.303 e. The number of carboxylic acids is 1. The summed E-state index contributed by atoms with van der Waals surface area (Å²) in [7, 11) is 0. The van der Waals surface area contributed by atoms with Crippen LogP contribution in [-0.2, 0) is 16.0 Å². The Kier molecular flexibility index (Phi) is 4.08. The molecule has 0 saturated carbocycles. The Hall–Kier alpha value is -3.08. The number of carbonyl (C=O) groups is 2. The van der Waals surface area contributed by atoms with Crippen LogP contribution in [0.2, 0.25) is 0 Å². The number of amides is 1. The van der Waals surface area contributed by atoms with Crippen LogP contribution in [0.15, 0.2) is 30.8 Å².